The Morgan fingerprint density at radius 1 is 1.19 bits per heavy atom. The van der Waals surface area contributed by atoms with Crippen molar-refractivity contribution in [3.63, 3.8) is 0 Å². The van der Waals surface area contributed by atoms with Crippen LogP contribution in [0.3, 0.4) is 0 Å². The Balaban J connectivity index is 2.14. The Labute approximate surface area is 128 Å². The van der Waals surface area contributed by atoms with Gasteiger partial charge in [0.05, 0.1) is 0 Å². The first-order valence-corrected chi connectivity index (χ1v) is 7.10. The van der Waals surface area contributed by atoms with Gasteiger partial charge in [0.2, 0.25) is 0 Å². The van der Waals surface area contributed by atoms with Crippen molar-refractivity contribution >= 4 is 32.8 Å². The molecule has 0 aliphatic heterocycles. The number of hydrogen-bond donors (Lipinski definition) is 1. The van der Waals surface area contributed by atoms with E-state index >= 15 is 0 Å². The summed E-state index contributed by atoms with van der Waals surface area (Å²) in [6, 6.07) is 13.6. The number of carbonyl (C=O) groups is 1. The van der Waals surface area contributed by atoms with Gasteiger partial charge in [-0.2, -0.15) is 0 Å². The highest BCUT2D eigenvalue weighted by Crippen LogP contribution is 2.23. The lowest BCUT2D eigenvalue weighted by Gasteiger charge is -2.09. The molecule has 5 heteroatoms. The van der Waals surface area contributed by atoms with Crippen LogP contribution in [0.4, 0.5) is 4.39 Å². The second-order valence-electron chi connectivity index (χ2n) is 4.76. The Hall–Kier alpha value is -2.14. The van der Waals surface area contributed by atoms with Crippen molar-refractivity contribution in [2.24, 2.45) is 0 Å². The number of halogens is 2. The molecular formula is C16H11BrFNO2. The number of fused-ring (bicyclic) bond motifs is 1. The summed E-state index contributed by atoms with van der Waals surface area (Å²) < 4.78 is 15.8. The van der Waals surface area contributed by atoms with Crippen LogP contribution in [0.25, 0.3) is 10.9 Å². The largest absolute Gasteiger partial charge is 0.477 e. The molecule has 21 heavy (non-hydrogen) atoms. The number of nitrogens with zero attached hydrogens (tertiary/aromatic N) is 1. The molecule has 0 atom stereocenters. The second-order valence-corrected chi connectivity index (χ2v) is 5.67. The van der Waals surface area contributed by atoms with E-state index in [0.717, 1.165) is 10.9 Å². The summed E-state index contributed by atoms with van der Waals surface area (Å²) in [7, 11) is 0. The van der Waals surface area contributed by atoms with E-state index in [9.17, 15) is 14.3 Å². The van der Waals surface area contributed by atoms with Crippen LogP contribution >= 0.6 is 15.9 Å². The molecule has 3 aromatic rings. The summed E-state index contributed by atoms with van der Waals surface area (Å²) in [6.07, 6.45) is 0. The molecule has 2 aromatic carbocycles. The van der Waals surface area contributed by atoms with Gasteiger partial charge in [-0.15, -0.1) is 0 Å². The highest BCUT2D eigenvalue weighted by atomic mass is 79.9. The molecule has 106 valence electrons. The molecule has 0 saturated carbocycles. The average molecular weight is 348 g/mol. The fourth-order valence-electron chi connectivity index (χ4n) is 2.44. The number of rotatable bonds is 3. The zero-order valence-electron chi connectivity index (χ0n) is 10.9. The van der Waals surface area contributed by atoms with Gasteiger partial charge in [0.1, 0.15) is 11.5 Å². The second kappa shape index (κ2) is 5.33. The highest BCUT2D eigenvalue weighted by Gasteiger charge is 2.14. The fourth-order valence-corrected chi connectivity index (χ4v) is 2.96. The van der Waals surface area contributed by atoms with Crippen molar-refractivity contribution in [1.82, 2.24) is 4.57 Å². The lowest BCUT2D eigenvalue weighted by molar-refractivity contribution is 0.0686. The molecule has 1 heterocycles. The van der Waals surface area contributed by atoms with E-state index in [2.05, 4.69) is 15.9 Å². The van der Waals surface area contributed by atoms with Gasteiger partial charge in [-0.3, -0.25) is 0 Å². The van der Waals surface area contributed by atoms with Crippen molar-refractivity contribution in [2.45, 2.75) is 6.54 Å². The maximum atomic E-state index is 13.5. The SMILES string of the molecule is O=C(O)c1cc2ccccc2n1Cc1cc(F)cc(Br)c1. The quantitative estimate of drug-likeness (QED) is 0.767. The fraction of sp³-hybridized carbons (Fsp3) is 0.0625. The Kier molecular flexibility index (Phi) is 3.51. The molecule has 0 spiro atoms. The minimum absolute atomic E-state index is 0.191. The van der Waals surface area contributed by atoms with Gasteiger partial charge >= 0.3 is 5.97 Å². The monoisotopic (exact) mass is 347 g/mol. The molecule has 0 unspecified atom stereocenters. The summed E-state index contributed by atoms with van der Waals surface area (Å²) in [5.74, 6) is -1.35. The van der Waals surface area contributed by atoms with Gasteiger partial charge in [-0.05, 0) is 35.9 Å². The predicted octanol–water partition coefficient (Wildman–Crippen LogP) is 4.29. The number of carboxylic acid groups (broad SMARTS) is 1. The lowest BCUT2D eigenvalue weighted by Crippen LogP contribution is -2.09. The number of para-hydroxylation sites is 1. The van der Waals surface area contributed by atoms with Crippen molar-refractivity contribution in [3.05, 3.63) is 70.1 Å². The van der Waals surface area contributed by atoms with Gasteiger partial charge < -0.3 is 9.67 Å². The molecule has 3 rings (SSSR count). The van der Waals surface area contributed by atoms with Crippen LogP contribution < -0.4 is 0 Å². The molecular weight excluding hydrogens is 337 g/mol. The number of benzene rings is 2. The Bertz CT molecular complexity index is 821. The molecule has 0 aliphatic carbocycles. The average Bonchev–Trinajstić information content (AvgIpc) is 2.77. The van der Waals surface area contributed by atoms with Gasteiger partial charge in [0.15, 0.2) is 0 Å². The van der Waals surface area contributed by atoms with Crippen LogP contribution in [-0.2, 0) is 6.54 Å². The molecule has 0 bridgehead atoms. The number of hydrogen-bond acceptors (Lipinski definition) is 1. The zero-order chi connectivity index (χ0) is 15.0. The molecule has 0 radical (unpaired) electrons. The minimum atomic E-state index is -0.998. The molecule has 3 nitrogen and oxygen atoms in total. The van der Waals surface area contributed by atoms with Crippen molar-refractivity contribution in [2.75, 3.05) is 0 Å². The molecule has 0 aliphatic rings. The Morgan fingerprint density at radius 3 is 2.67 bits per heavy atom. The van der Waals surface area contributed by atoms with E-state index in [1.807, 2.05) is 24.3 Å². The van der Waals surface area contributed by atoms with Gasteiger partial charge in [0, 0.05) is 21.9 Å². The van der Waals surface area contributed by atoms with Crippen LogP contribution in [0.5, 0.6) is 0 Å². The van der Waals surface area contributed by atoms with E-state index in [4.69, 9.17) is 0 Å². The smallest absolute Gasteiger partial charge is 0.352 e. The lowest BCUT2D eigenvalue weighted by atomic mass is 10.2. The minimum Gasteiger partial charge on any atom is -0.477 e. The van der Waals surface area contributed by atoms with Crippen molar-refractivity contribution in [1.29, 1.82) is 0 Å². The first-order chi connectivity index (χ1) is 10.0. The van der Waals surface area contributed by atoms with Crippen molar-refractivity contribution in [3.8, 4) is 0 Å². The van der Waals surface area contributed by atoms with Gasteiger partial charge in [0.25, 0.3) is 0 Å². The van der Waals surface area contributed by atoms with E-state index in [1.165, 1.54) is 12.1 Å². The number of carboxylic acids is 1. The van der Waals surface area contributed by atoms with E-state index < -0.39 is 5.97 Å². The first-order valence-electron chi connectivity index (χ1n) is 6.31. The maximum absolute atomic E-state index is 13.5. The first kappa shape index (κ1) is 13.8. The van der Waals surface area contributed by atoms with Gasteiger partial charge in [-0.25, -0.2) is 9.18 Å². The van der Waals surface area contributed by atoms with Crippen molar-refractivity contribution < 1.29 is 14.3 Å². The molecule has 1 aromatic heterocycles. The summed E-state index contributed by atoms with van der Waals surface area (Å²) >= 11 is 3.25. The third kappa shape index (κ3) is 2.69. The predicted molar refractivity (Wildman–Crippen MR) is 82.1 cm³/mol. The highest BCUT2D eigenvalue weighted by molar-refractivity contribution is 9.10. The molecule has 0 saturated heterocycles. The maximum Gasteiger partial charge on any atom is 0.352 e. The standard InChI is InChI=1S/C16H11BrFNO2/c17-12-5-10(6-13(18)8-12)9-19-14-4-2-1-3-11(14)7-15(19)16(20)21/h1-8H,9H2,(H,20,21). The van der Waals surface area contributed by atoms with Crippen LogP contribution in [0.2, 0.25) is 0 Å². The topological polar surface area (TPSA) is 42.2 Å². The molecule has 1 N–H and O–H groups in total. The summed E-state index contributed by atoms with van der Waals surface area (Å²) in [4.78, 5) is 11.4. The summed E-state index contributed by atoms with van der Waals surface area (Å²) in [6.45, 7) is 0.297. The number of aromatic carboxylic acids is 1. The molecule has 0 fully saturated rings. The summed E-state index contributed by atoms with van der Waals surface area (Å²) in [5.41, 5.74) is 1.71. The van der Waals surface area contributed by atoms with Crippen LogP contribution in [0, 0.1) is 5.82 Å². The number of aromatic nitrogens is 1. The third-order valence-electron chi connectivity index (χ3n) is 3.29. The van der Waals surface area contributed by atoms with E-state index in [0.29, 0.717) is 16.6 Å². The van der Waals surface area contributed by atoms with Gasteiger partial charge in [-0.1, -0.05) is 34.1 Å². The third-order valence-corrected chi connectivity index (χ3v) is 3.75. The summed E-state index contributed by atoms with van der Waals surface area (Å²) in [5, 5.41) is 10.2. The normalized spacial score (nSPS) is 11.0. The van der Waals surface area contributed by atoms with E-state index in [1.54, 1.807) is 16.7 Å². The van der Waals surface area contributed by atoms with Crippen LogP contribution in [-0.4, -0.2) is 15.6 Å². The molecule has 0 amide bonds. The Morgan fingerprint density at radius 2 is 1.95 bits per heavy atom. The van der Waals surface area contributed by atoms with Crippen LogP contribution in [0.1, 0.15) is 16.1 Å². The van der Waals surface area contributed by atoms with Crippen LogP contribution in [0.15, 0.2) is 53.0 Å². The zero-order valence-corrected chi connectivity index (χ0v) is 12.5. The van der Waals surface area contributed by atoms with E-state index in [-0.39, 0.29) is 11.5 Å².